The minimum atomic E-state index is -3.85. The van der Waals surface area contributed by atoms with Gasteiger partial charge in [0, 0.05) is 11.1 Å². The van der Waals surface area contributed by atoms with Crippen LogP contribution >= 0.6 is 22.9 Å². The third-order valence-corrected chi connectivity index (χ3v) is 6.41. The Hall–Kier alpha value is -1.71. The van der Waals surface area contributed by atoms with Crippen molar-refractivity contribution in [2.75, 3.05) is 4.72 Å². The van der Waals surface area contributed by atoms with Crippen LogP contribution in [-0.2, 0) is 14.8 Å². The molecule has 0 saturated heterocycles. The number of carbonyl (C=O) groups excluding carboxylic acids is 1. The van der Waals surface area contributed by atoms with E-state index < -0.39 is 15.9 Å². The first-order valence-corrected chi connectivity index (χ1v) is 10.2. The van der Waals surface area contributed by atoms with Gasteiger partial charge in [0.2, 0.25) is 11.0 Å². The summed E-state index contributed by atoms with van der Waals surface area (Å²) in [6.07, 6.45) is 0. The van der Waals surface area contributed by atoms with Crippen molar-refractivity contribution < 1.29 is 13.2 Å². The summed E-state index contributed by atoms with van der Waals surface area (Å²) in [6, 6.07) is 4.65. The molecule has 25 heavy (non-hydrogen) atoms. The molecule has 1 aromatic carbocycles. The van der Waals surface area contributed by atoms with E-state index in [9.17, 15) is 13.2 Å². The van der Waals surface area contributed by atoms with Gasteiger partial charge in [0.05, 0.1) is 10.8 Å². The van der Waals surface area contributed by atoms with Crippen LogP contribution in [0, 0.1) is 6.92 Å². The number of aromatic nitrogens is 2. The van der Waals surface area contributed by atoms with Crippen LogP contribution < -0.4 is 10.0 Å². The van der Waals surface area contributed by atoms with Gasteiger partial charge < -0.3 is 5.32 Å². The van der Waals surface area contributed by atoms with Gasteiger partial charge in [0.15, 0.2) is 0 Å². The lowest BCUT2D eigenvalue weighted by Crippen LogP contribution is -2.33. The highest BCUT2D eigenvalue weighted by atomic mass is 35.5. The molecule has 10 heteroatoms. The van der Waals surface area contributed by atoms with E-state index >= 15 is 0 Å². The summed E-state index contributed by atoms with van der Waals surface area (Å²) in [5, 5.41) is 11.4. The van der Waals surface area contributed by atoms with Gasteiger partial charge in [-0.05, 0) is 45.4 Å². The van der Waals surface area contributed by atoms with E-state index in [1.165, 1.54) is 6.07 Å². The summed E-state index contributed by atoms with van der Waals surface area (Å²) in [5.74, 6) is -0.711. The van der Waals surface area contributed by atoms with Crippen LogP contribution in [-0.4, -0.2) is 30.6 Å². The highest BCUT2D eigenvalue weighted by Crippen LogP contribution is 2.28. The Bertz CT molecular complexity index is 881. The Morgan fingerprint density at radius 2 is 1.92 bits per heavy atom. The maximum Gasteiger partial charge on any atom is 0.264 e. The van der Waals surface area contributed by atoms with Gasteiger partial charge in [-0.15, -0.1) is 10.2 Å². The molecule has 0 aliphatic rings. The molecular formula is C15H19ClN4O3S2. The number of hydrogen-bond donors (Lipinski definition) is 2. The summed E-state index contributed by atoms with van der Waals surface area (Å²) < 4.78 is 27.4. The van der Waals surface area contributed by atoms with E-state index in [0.29, 0.717) is 15.6 Å². The van der Waals surface area contributed by atoms with Gasteiger partial charge in [-0.1, -0.05) is 29.0 Å². The van der Waals surface area contributed by atoms with Crippen LogP contribution in [0.3, 0.4) is 0 Å². The smallest absolute Gasteiger partial charge is 0.264 e. The summed E-state index contributed by atoms with van der Waals surface area (Å²) in [6.45, 7) is 7.04. The molecule has 7 nitrogen and oxygen atoms in total. The molecule has 0 bridgehead atoms. The van der Waals surface area contributed by atoms with E-state index in [-0.39, 0.29) is 22.0 Å². The van der Waals surface area contributed by atoms with E-state index in [4.69, 9.17) is 11.6 Å². The van der Waals surface area contributed by atoms with Crippen molar-refractivity contribution in [2.45, 2.75) is 44.6 Å². The second-order valence-corrected chi connectivity index (χ2v) is 8.87. The Labute approximate surface area is 155 Å². The van der Waals surface area contributed by atoms with Crippen molar-refractivity contribution in [1.29, 1.82) is 0 Å². The van der Waals surface area contributed by atoms with Crippen LogP contribution in [0.15, 0.2) is 23.1 Å². The highest BCUT2D eigenvalue weighted by Gasteiger charge is 2.23. The maximum atomic E-state index is 12.5. The average molecular weight is 403 g/mol. The van der Waals surface area contributed by atoms with Crippen molar-refractivity contribution in [3.63, 3.8) is 0 Å². The molecule has 0 aliphatic heterocycles. The zero-order valence-corrected chi connectivity index (χ0v) is 16.6. The molecule has 0 radical (unpaired) electrons. The number of rotatable bonds is 6. The predicted octanol–water partition coefficient (Wildman–Crippen LogP) is 2.93. The first-order chi connectivity index (χ1) is 11.6. The average Bonchev–Trinajstić information content (AvgIpc) is 2.96. The van der Waals surface area contributed by atoms with Gasteiger partial charge in [-0.2, -0.15) is 0 Å². The Morgan fingerprint density at radius 1 is 1.24 bits per heavy atom. The monoisotopic (exact) mass is 402 g/mol. The fourth-order valence-corrected chi connectivity index (χ4v) is 4.54. The lowest BCUT2D eigenvalue weighted by molar-refractivity contribution is -0.122. The fourth-order valence-electron chi connectivity index (χ4n) is 2.02. The second-order valence-electron chi connectivity index (χ2n) is 5.80. The quantitative estimate of drug-likeness (QED) is 0.773. The van der Waals surface area contributed by atoms with Crippen molar-refractivity contribution in [3.8, 4) is 0 Å². The van der Waals surface area contributed by atoms with E-state index in [1.54, 1.807) is 26.0 Å². The van der Waals surface area contributed by atoms with E-state index in [0.717, 1.165) is 11.3 Å². The Balaban J connectivity index is 2.20. The van der Waals surface area contributed by atoms with Crippen LogP contribution in [0.5, 0.6) is 0 Å². The van der Waals surface area contributed by atoms with Gasteiger partial charge in [0.25, 0.3) is 10.0 Å². The first kappa shape index (κ1) is 19.6. The van der Waals surface area contributed by atoms with Gasteiger partial charge >= 0.3 is 0 Å². The first-order valence-electron chi connectivity index (χ1n) is 7.53. The number of benzene rings is 1. The summed E-state index contributed by atoms with van der Waals surface area (Å²) in [4.78, 5) is 12.1. The molecule has 1 amide bonds. The number of nitrogens with one attached hydrogen (secondary N) is 2. The standard InChI is InChI=1S/C15H19ClN4O3S2/c1-8(2)17-13(21)10(4)14-18-19-15(24-14)20-25(22,23)12-7-5-6-11(16)9(12)3/h5-8,10H,1-4H3,(H,17,21)(H,19,20). The number of amides is 1. The zero-order chi connectivity index (χ0) is 18.8. The van der Waals surface area contributed by atoms with Gasteiger partial charge in [-0.3, -0.25) is 9.52 Å². The summed E-state index contributed by atoms with van der Waals surface area (Å²) in [7, 11) is -3.85. The lowest BCUT2D eigenvalue weighted by Gasteiger charge is -2.11. The van der Waals surface area contributed by atoms with Crippen LogP contribution in [0.1, 0.15) is 37.3 Å². The fraction of sp³-hybridized carbons (Fsp3) is 0.400. The number of nitrogens with zero attached hydrogens (tertiary/aromatic N) is 2. The van der Waals surface area contributed by atoms with Crippen LogP contribution in [0.4, 0.5) is 5.13 Å². The predicted molar refractivity (Wildman–Crippen MR) is 98.6 cm³/mol. The molecule has 0 spiro atoms. The molecule has 0 fully saturated rings. The molecule has 1 heterocycles. The largest absolute Gasteiger partial charge is 0.353 e. The number of anilines is 1. The molecule has 136 valence electrons. The summed E-state index contributed by atoms with van der Waals surface area (Å²) in [5.41, 5.74) is 0.450. The van der Waals surface area contributed by atoms with Crippen molar-refractivity contribution in [3.05, 3.63) is 33.8 Å². The number of hydrogen-bond acceptors (Lipinski definition) is 6. The van der Waals surface area contributed by atoms with Gasteiger partial charge in [-0.25, -0.2) is 8.42 Å². The molecule has 0 aliphatic carbocycles. The van der Waals surface area contributed by atoms with Crippen molar-refractivity contribution >= 4 is 44.0 Å². The molecule has 2 N–H and O–H groups in total. The molecule has 1 atom stereocenters. The molecule has 2 rings (SSSR count). The van der Waals surface area contributed by atoms with E-state index in [2.05, 4.69) is 20.2 Å². The van der Waals surface area contributed by atoms with Gasteiger partial charge in [0.1, 0.15) is 5.01 Å². The minimum absolute atomic E-state index is 0.00616. The van der Waals surface area contributed by atoms with Crippen molar-refractivity contribution in [1.82, 2.24) is 15.5 Å². The molecule has 2 aromatic rings. The molecule has 0 saturated carbocycles. The lowest BCUT2D eigenvalue weighted by atomic mass is 10.1. The second kappa shape index (κ2) is 7.67. The number of halogens is 1. The highest BCUT2D eigenvalue weighted by molar-refractivity contribution is 7.93. The zero-order valence-electron chi connectivity index (χ0n) is 14.2. The van der Waals surface area contributed by atoms with E-state index in [1.807, 2.05) is 13.8 Å². The number of sulfonamides is 1. The van der Waals surface area contributed by atoms with Crippen molar-refractivity contribution in [2.24, 2.45) is 0 Å². The molecule has 1 unspecified atom stereocenters. The molecule has 1 aromatic heterocycles. The molecular weight excluding hydrogens is 384 g/mol. The topological polar surface area (TPSA) is 101 Å². The Morgan fingerprint density at radius 3 is 2.56 bits per heavy atom. The maximum absolute atomic E-state index is 12.5. The third-order valence-electron chi connectivity index (χ3n) is 3.36. The normalized spacial score (nSPS) is 12.9. The SMILES string of the molecule is Cc1c(Cl)cccc1S(=O)(=O)Nc1nnc(C(C)C(=O)NC(C)C)s1. The summed E-state index contributed by atoms with van der Waals surface area (Å²) >= 11 is 7.00. The third kappa shape index (κ3) is 4.68. The van der Waals surface area contributed by atoms with Crippen LogP contribution in [0.2, 0.25) is 5.02 Å². The Kier molecular flexibility index (Phi) is 6.02. The number of carbonyl (C=O) groups is 1. The van der Waals surface area contributed by atoms with Crippen LogP contribution in [0.25, 0.3) is 0 Å². The minimum Gasteiger partial charge on any atom is -0.353 e.